The van der Waals surface area contributed by atoms with Gasteiger partial charge in [-0.1, -0.05) is 11.6 Å². The van der Waals surface area contributed by atoms with E-state index in [1.54, 1.807) is 4.90 Å². The summed E-state index contributed by atoms with van der Waals surface area (Å²) in [7, 11) is -0.968. The van der Waals surface area contributed by atoms with Crippen LogP contribution in [-0.2, 0) is 10.8 Å². The Morgan fingerprint density at radius 3 is 2.67 bits per heavy atom. The standard InChI is InChI=1S/C13H15ClN2O4S/c1-13(2)8-15(5-6-21(13)20)12(17)9-3-4-11(16(18)19)10(14)7-9/h3-4,7H,5-6,8H2,1-2H3/t21-/m0/s1. The van der Waals surface area contributed by atoms with Crippen molar-refractivity contribution in [2.45, 2.75) is 18.6 Å². The molecule has 0 N–H and O–H groups in total. The Labute approximate surface area is 129 Å². The number of nitro benzene ring substituents is 1. The molecule has 0 aromatic heterocycles. The van der Waals surface area contributed by atoms with E-state index < -0.39 is 20.5 Å². The van der Waals surface area contributed by atoms with Crippen LogP contribution in [0.3, 0.4) is 0 Å². The first-order valence-corrected chi connectivity index (χ1v) is 8.04. The minimum atomic E-state index is -0.968. The predicted octanol–water partition coefficient (Wildman–Crippen LogP) is 2.23. The second-order valence-corrected chi connectivity index (χ2v) is 8.07. The summed E-state index contributed by atoms with van der Waals surface area (Å²) in [4.78, 5) is 24.2. The summed E-state index contributed by atoms with van der Waals surface area (Å²) in [6.45, 7) is 4.49. The molecule has 21 heavy (non-hydrogen) atoms. The minimum absolute atomic E-state index is 0.0642. The molecule has 1 fully saturated rings. The number of hydrogen-bond acceptors (Lipinski definition) is 4. The van der Waals surface area contributed by atoms with E-state index in [2.05, 4.69) is 0 Å². The normalized spacial score (nSPS) is 21.1. The molecule has 1 aromatic rings. The highest BCUT2D eigenvalue weighted by molar-refractivity contribution is 7.86. The Hall–Kier alpha value is -1.47. The van der Waals surface area contributed by atoms with Crippen molar-refractivity contribution in [3.63, 3.8) is 0 Å². The van der Waals surface area contributed by atoms with E-state index >= 15 is 0 Å². The smallest absolute Gasteiger partial charge is 0.287 e. The van der Waals surface area contributed by atoms with E-state index in [9.17, 15) is 19.1 Å². The van der Waals surface area contributed by atoms with E-state index in [0.717, 1.165) is 0 Å². The molecule has 1 aromatic carbocycles. The van der Waals surface area contributed by atoms with Crippen molar-refractivity contribution < 1.29 is 13.9 Å². The minimum Gasteiger partial charge on any atom is -0.336 e. The lowest BCUT2D eigenvalue weighted by molar-refractivity contribution is -0.384. The molecule has 6 nitrogen and oxygen atoms in total. The van der Waals surface area contributed by atoms with Crippen molar-refractivity contribution in [1.82, 2.24) is 4.90 Å². The first-order chi connectivity index (χ1) is 9.72. The van der Waals surface area contributed by atoms with Crippen LogP contribution in [0.15, 0.2) is 18.2 Å². The van der Waals surface area contributed by atoms with Crippen molar-refractivity contribution >= 4 is 34.0 Å². The quantitative estimate of drug-likeness (QED) is 0.615. The SMILES string of the molecule is CC1(C)CN(C(=O)c2ccc([N+](=O)[O-])c(Cl)c2)CC[S@@]1=O. The zero-order valence-corrected chi connectivity index (χ0v) is 13.2. The summed E-state index contributed by atoms with van der Waals surface area (Å²) in [5, 5.41) is 10.7. The van der Waals surface area contributed by atoms with Crippen LogP contribution in [0, 0.1) is 10.1 Å². The summed E-state index contributed by atoms with van der Waals surface area (Å²) >= 11 is 5.83. The molecule has 1 aliphatic rings. The summed E-state index contributed by atoms with van der Waals surface area (Å²) in [5.41, 5.74) is 0.0716. The van der Waals surface area contributed by atoms with Crippen LogP contribution >= 0.6 is 11.6 Å². The average Bonchev–Trinajstić information content (AvgIpc) is 2.40. The highest BCUT2D eigenvalue weighted by atomic mass is 35.5. The number of nitrogens with zero attached hydrogens (tertiary/aromatic N) is 2. The van der Waals surface area contributed by atoms with Gasteiger partial charge in [0.05, 0.1) is 9.67 Å². The number of carbonyl (C=O) groups excluding carboxylic acids is 1. The first-order valence-electron chi connectivity index (χ1n) is 6.34. The van der Waals surface area contributed by atoms with Gasteiger partial charge in [-0.15, -0.1) is 0 Å². The molecule has 1 saturated heterocycles. The number of hydrogen-bond donors (Lipinski definition) is 0. The molecule has 0 radical (unpaired) electrons. The van der Waals surface area contributed by atoms with Crippen LogP contribution in [-0.4, -0.2) is 43.5 Å². The Balaban J connectivity index is 2.23. The van der Waals surface area contributed by atoms with Gasteiger partial charge in [-0.3, -0.25) is 19.1 Å². The van der Waals surface area contributed by atoms with Gasteiger partial charge >= 0.3 is 0 Å². The Morgan fingerprint density at radius 1 is 1.48 bits per heavy atom. The van der Waals surface area contributed by atoms with Crippen molar-refractivity contribution in [2.75, 3.05) is 18.8 Å². The van der Waals surface area contributed by atoms with Crippen LogP contribution in [0.25, 0.3) is 0 Å². The Morgan fingerprint density at radius 2 is 2.14 bits per heavy atom. The molecule has 0 aliphatic carbocycles. The van der Waals surface area contributed by atoms with Crippen LogP contribution < -0.4 is 0 Å². The third-order valence-electron chi connectivity index (χ3n) is 3.41. The lowest BCUT2D eigenvalue weighted by Crippen LogP contribution is -2.52. The molecule has 0 spiro atoms. The van der Waals surface area contributed by atoms with Gasteiger partial charge in [0.25, 0.3) is 11.6 Å². The molecule has 8 heteroatoms. The maximum atomic E-state index is 12.4. The van der Waals surface area contributed by atoms with Crippen molar-refractivity contribution in [1.29, 1.82) is 0 Å². The van der Waals surface area contributed by atoms with Gasteiger partial charge in [0, 0.05) is 41.3 Å². The molecular formula is C13H15ClN2O4S. The summed E-state index contributed by atoms with van der Waals surface area (Å²) in [6.07, 6.45) is 0. The van der Waals surface area contributed by atoms with E-state index in [1.807, 2.05) is 13.8 Å². The zero-order chi connectivity index (χ0) is 15.8. The maximum Gasteiger partial charge on any atom is 0.287 e. The van der Waals surface area contributed by atoms with Gasteiger partial charge in [-0.05, 0) is 26.0 Å². The molecule has 0 unspecified atom stereocenters. The third-order valence-corrected chi connectivity index (χ3v) is 5.63. The highest BCUT2D eigenvalue weighted by Crippen LogP contribution is 2.27. The van der Waals surface area contributed by atoms with Crippen LogP contribution in [0.1, 0.15) is 24.2 Å². The van der Waals surface area contributed by atoms with Crippen LogP contribution in [0.4, 0.5) is 5.69 Å². The van der Waals surface area contributed by atoms with E-state index in [1.165, 1.54) is 18.2 Å². The number of halogens is 1. The summed E-state index contributed by atoms with van der Waals surface area (Å²) < 4.78 is 11.4. The topological polar surface area (TPSA) is 80.5 Å². The number of carbonyl (C=O) groups is 1. The number of rotatable bonds is 2. The fraction of sp³-hybridized carbons (Fsp3) is 0.462. The van der Waals surface area contributed by atoms with Crippen molar-refractivity contribution in [3.05, 3.63) is 38.9 Å². The summed E-state index contributed by atoms with van der Waals surface area (Å²) in [5.74, 6) is 0.177. The zero-order valence-electron chi connectivity index (χ0n) is 11.7. The fourth-order valence-corrected chi connectivity index (χ4v) is 3.71. The lowest BCUT2D eigenvalue weighted by Gasteiger charge is -2.37. The maximum absolute atomic E-state index is 12.4. The van der Waals surface area contributed by atoms with E-state index in [-0.39, 0.29) is 16.6 Å². The lowest BCUT2D eigenvalue weighted by atomic mass is 10.1. The number of nitro groups is 1. The molecule has 1 heterocycles. The van der Waals surface area contributed by atoms with Crippen LogP contribution in [0.5, 0.6) is 0 Å². The van der Waals surface area contributed by atoms with Crippen LogP contribution in [0.2, 0.25) is 5.02 Å². The molecule has 1 aliphatic heterocycles. The second-order valence-electron chi connectivity index (χ2n) is 5.46. The molecule has 114 valence electrons. The number of benzene rings is 1. The average molecular weight is 331 g/mol. The second kappa shape index (κ2) is 5.73. The number of amides is 1. The Bertz CT molecular complexity index is 633. The van der Waals surface area contributed by atoms with Gasteiger partial charge in [0.2, 0.25) is 0 Å². The first kappa shape index (κ1) is 15.9. The van der Waals surface area contributed by atoms with E-state index in [4.69, 9.17) is 11.6 Å². The fourth-order valence-electron chi connectivity index (χ4n) is 2.22. The molecular weight excluding hydrogens is 316 g/mol. The van der Waals surface area contributed by atoms with E-state index in [0.29, 0.717) is 24.4 Å². The van der Waals surface area contributed by atoms with Gasteiger partial charge in [-0.25, -0.2) is 0 Å². The monoisotopic (exact) mass is 330 g/mol. The molecule has 0 saturated carbocycles. The molecule has 1 amide bonds. The molecule has 2 rings (SSSR count). The predicted molar refractivity (Wildman–Crippen MR) is 81.1 cm³/mol. The van der Waals surface area contributed by atoms with Gasteiger partial charge in [0.1, 0.15) is 5.02 Å². The molecule has 0 bridgehead atoms. The van der Waals surface area contributed by atoms with Gasteiger partial charge in [-0.2, -0.15) is 0 Å². The largest absolute Gasteiger partial charge is 0.336 e. The van der Waals surface area contributed by atoms with Gasteiger partial charge < -0.3 is 4.90 Å². The highest BCUT2D eigenvalue weighted by Gasteiger charge is 2.35. The third kappa shape index (κ3) is 3.24. The van der Waals surface area contributed by atoms with Crippen molar-refractivity contribution in [3.8, 4) is 0 Å². The van der Waals surface area contributed by atoms with Gasteiger partial charge in [0.15, 0.2) is 0 Å². The summed E-state index contributed by atoms with van der Waals surface area (Å²) in [6, 6.07) is 3.92. The van der Waals surface area contributed by atoms with Crippen molar-refractivity contribution in [2.24, 2.45) is 0 Å². The molecule has 1 atom stereocenters. The Kier molecular flexibility index (Phi) is 4.34.